The molecule has 0 bridgehead atoms. The molecule has 104 valence electrons. The first-order chi connectivity index (χ1) is 9.29. The van der Waals surface area contributed by atoms with Gasteiger partial charge in [-0.05, 0) is 46.5 Å². The largest absolute Gasteiger partial charge is 0.374 e. The van der Waals surface area contributed by atoms with Gasteiger partial charge in [0.25, 0.3) is 0 Å². The zero-order chi connectivity index (χ0) is 13.2. The molecule has 1 saturated heterocycles. The van der Waals surface area contributed by atoms with Gasteiger partial charge in [-0.25, -0.2) is 0 Å². The highest BCUT2D eigenvalue weighted by Gasteiger charge is 2.34. The van der Waals surface area contributed by atoms with Crippen LogP contribution in [0, 0.1) is 0 Å². The van der Waals surface area contributed by atoms with E-state index >= 15 is 0 Å². The lowest BCUT2D eigenvalue weighted by Crippen LogP contribution is -2.53. The molecule has 1 aromatic carbocycles. The van der Waals surface area contributed by atoms with E-state index in [9.17, 15) is 0 Å². The van der Waals surface area contributed by atoms with E-state index in [1.165, 1.54) is 36.9 Å². The van der Waals surface area contributed by atoms with Crippen LogP contribution in [0.5, 0.6) is 0 Å². The van der Waals surface area contributed by atoms with Gasteiger partial charge in [0.2, 0.25) is 0 Å². The fraction of sp³-hybridized carbons (Fsp3) is 0.600. The molecule has 0 amide bonds. The van der Waals surface area contributed by atoms with Gasteiger partial charge < -0.3 is 15.4 Å². The molecule has 3 nitrogen and oxygen atoms in total. The van der Waals surface area contributed by atoms with Gasteiger partial charge in [-0.15, -0.1) is 0 Å². The molecule has 2 fully saturated rings. The Hall–Kier alpha value is -0.580. The summed E-state index contributed by atoms with van der Waals surface area (Å²) in [4.78, 5) is 2.53. The van der Waals surface area contributed by atoms with Gasteiger partial charge in [-0.1, -0.05) is 18.9 Å². The van der Waals surface area contributed by atoms with Crippen LogP contribution in [0.4, 0.5) is 5.69 Å². The second kappa shape index (κ2) is 5.81. The molecule has 19 heavy (non-hydrogen) atoms. The number of hydrogen-bond acceptors (Lipinski definition) is 3. The summed E-state index contributed by atoms with van der Waals surface area (Å²) in [5.74, 6) is 0. The summed E-state index contributed by atoms with van der Waals surface area (Å²) in [6.07, 6.45) is 5.50. The number of anilines is 1. The van der Waals surface area contributed by atoms with Crippen LogP contribution in [0.15, 0.2) is 22.7 Å². The number of hydrogen-bond donors (Lipinski definition) is 1. The molecular formula is C15H21BrN2O. The van der Waals surface area contributed by atoms with Crippen LogP contribution < -0.4 is 10.6 Å². The molecule has 2 N–H and O–H groups in total. The Bertz CT molecular complexity index is 450. The van der Waals surface area contributed by atoms with Gasteiger partial charge >= 0.3 is 0 Å². The van der Waals surface area contributed by atoms with Crippen molar-refractivity contribution in [3.05, 3.63) is 28.2 Å². The molecular weight excluding hydrogens is 304 g/mol. The van der Waals surface area contributed by atoms with Crippen LogP contribution >= 0.6 is 15.9 Å². The minimum absolute atomic E-state index is 0.420. The van der Waals surface area contributed by atoms with Crippen LogP contribution in [0.2, 0.25) is 0 Å². The van der Waals surface area contributed by atoms with Gasteiger partial charge in [-0.2, -0.15) is 0 Å². The lowest BCUT2D eigenvalue weighted by Gasteiger charge is -2.45. The number of nitrogens with two attached hydrogens (primary N) is 1. The average molecular weight is 325 g/mol. The van der Waals surface area contributed by atoms with Crippen LogP contribution in [-0.2, 0) is 11.3 Å². The SMILES string of the molecule is NCc1ccc(N2CCOC3CCCCC32)c(Br)c1. The Balaban J connectivity index is 1.87. The number of ether oxygens (including phenoxy) is 1. The second-order valence-corrected chi connectivity index (χ2v) is 6.30. The topological polar surface area (TPSA) is 38.5 Å². The Kier molecular flexibility index (Phi) is 4.10. The summed E-state index contributed by atoms with van der Waals surface area (Å²) >= 11 is 3.70. The van der Waals surface area contributed by atoms with Crippen LogP contribution in [0.3, 0.4) is 0 Å². The summed E-state index contributed by atoms with van der Waals surface area (Å²) in [5.41, 5.74) is 8.16. The summed E-state index contributed by atoms with van der Waals surface area (Å²) < 4.78 is 7.10. The second-order valence-electron chi connectivity index (χ2n) is 5.44. The maximum atomic E-state index is 5.94. The van der Waals surface area contributed by atoms with E-state index in [1.54, 1.807) is 0 Å². The van der Waals surface area contributed by atoms with E-state index in [4.69, 9.17) is 10.5 Å². The van der Waals surface area contributed by atoms with Gasteiger partial charge in [0.05, 0.1) is 24.4 Å². The molecule has 2 unspecified atom stereocenters. The van der Waals surface area contributed by atoms with Crippen molar-refractivity contribution in [1.29, 1.82) is 0 Å². The zero-order valence-electron chi connectivity index (χ0n) is 11.1. The number of nitrogens with zero attached hydrogens (tertiary/aromatic N) is 1. The third-order valence-electron chi connectivity index (χ3n) is 4.29. The van der Waals surface area contributed by atoms with Crippen molar-refractivity contribution in [2.75, 3.05) is 18.1 Å². The molecule has 1 heterocycles. The van der Waals surface area contributed by atoms with Gasteiger partial charge in [0.15, 0.2) is 0 Å². The maximum Gasteiger partial charge on any atom is 0.0779 e. The predicted molar refractivity (Wildman–Crippen MR) is 81.4 cm³/mol. The van der Waals surface area contributed by atoms with E-state index in [2.05, 4.69) is 39.0 Å². The van der Waals surface area contributed by atoms with Crippen LogP contribution in [0.25, 0.3) is 0 Å². The summed E-state index contributed by atoms with van der Waals surface area (Å²) in [6, 6.07) is 7.02. The monoisotopic (exact) mass is 324 g/mol. The highest BCUT2D eigenvalue weighted by atomic mass is 79.9. The van der Waals surface area contributed by atoms with Gasteiger partial charge in [0, 0.05) is 17.6 Å². The van der Waals surface area contributed by atoms with Crippen molar-refractivity contribution < 1.29 is 4.74 Å². The first-order valence-corrected chi connectivity index (χ1v) is 7.95. The van der Waals surface area contributed by atoms with Crippen molar-refractivity contribution in [3.63, 3.8) is 0 Å². The zero-order valence-corrected chi connectivity index (χ0v) is 12.7. The lowest BCUT2D eigenvalue weighted by molar-refractivity contribution is -0.00872. The van der Waals surface area contributed by atoms with Gasteiger partial charge in [-0.3, -0.25) is 0 Å². The first-order valence-electron chi connectivity index (χ1n) is 7.16. The van der Waals surface area contributed by atoms with E-state index in [0.29, 0.717) is 18.7 Å². The fourth-order valence-electron chi connectivity index (χ4n) is 3.31. The molecule has 0 spiro atoms. The summed E-state index contributed by atoms with van der Waals surface area (Å²) in [6.45, 7) is 2.42. The molecule has 0 aromatic heterocycles. The average Bonchev–Trinajstić information content (AvgIpc) is 2.46. The standard InChI is InChI=1S/C15H21BrN2O/c16-12-9-11(10-17)5-6-13(12)18-7-8-19-15-4-2-1-3-14(15)18/h5-6,9,14-15H,1-4,7-8,10,17H2. The minimum atomic E-state index is 0.420. The Morgan fingerprint density at radius 3 is 2.95 bits per heavy atom. The molecule has 1 aromatic rings. The smallest absolute Gasteiger partial charge is 0.0779 e. The first kappa shape index (κ1) is 13.4. The Labute approximate surface area is 123 Å². The third-order valence-corrected chi connectivity index (χ3v) is 4.92. The molecule has 1 saturated carbocycles. The minimum Gasteiger partial charge on any atom is -0.374 e. The summed E-state index contributed by atoms with van der Waals surface area (Å²) in [7, 11) is 0. The molecule has 4 heteroatoms. The number of benzene rings is 1. The van der Waals surface area contributed by atoms with E-state index in [-0.39, 0.29) is 0 Å². The number of morpholine rings is 1. The maximum absolute atomic E-state index is 5.94. The molecule has 0 radical (unpaired) electrons. The molecule has 1 aliphatic heterocycles. The third kappa shape index (κ3) is 2.67. The normalized spacial score (nSPS) is 27.2. The fourth-order valence-corrected chi connectivity index (χ4v) is 3.96. The molecule has 1 aliphatic carbocycles. The van der Waals surface area contributed by atoms with Crippen LogP contribution in [0.1, 0.15) is 31.2 Å². The molecule has 2 aliphatic rings. The number of halogens is 1. The Morgan fingerprint density at radius 1 is 1.32 bits per heavy atom. The highest BCUT2D eigenvalue weighted by Crippen LogP contribution is 2.35. The number of fused-ring (bicyclic) bond motifs is 1. The van der Waals surface area contributed by atoms with Crippen LogP contribution in [-0.4, -0.2) is 25.3 Å². The molecule has 2 atom stereocenters. The number of rotatable bonds is 2. The van der Waals surface area contributed by atoms with Crippen molar-refractivity contribution in [2.45, 2.75) is 44.4 Å². The van der Waals surface area contributed by atoms with E-state index < -0.39 is 0 Å². The van der Waals surface area contributed by atoms with Crippen molar-refractivity contribution in [1.82, 2.24) is 0 Å². The van der Waals surface area contributed by atoms with Crippen molar-refractivity contribution in [2.24, 2.45) is 5.73 Å². The van der Waals surface area contributed by atoms with Crippen molar-refractivity contribution >= 4 is 21.6 Å². The highest BCUT2D eigenvalue weighted by molar-refractivity contribution is 9.10. The molecule has 3 rings (SSSR count). The Morgan fingerprint density at radius 2 is 2.16 bits per heavy atom. The van der Waals surface area contributed by atoms with Gasteiger partial charge in [0.1, 0.15) is 0 Å². The summed E-state index contributed by atoms with van der Waals surface area (Å²) in [5, 5.41) is 0. The van der Waals surface area contributed by atoms with E-state index in [0.717, 1.165) is 17.6 Å². The lowest BCUT2D eigenvalue weighted by atomic mass is 9.89. The predicted octanol–water partition coefficient (Wildman–Crippen LogP) is 3.06. The van der Waals surface area contributed by atoms with E-state index in [1.807, 2.05) is 0 Å². The van der Waals surface area contributed by atoms with Crippen molar-refractivity contribution in [3.8, 4) is 0 Å². The quantitative estimate of drug-likeness (QED) is 0.908.